The van der Waals surface area contributed by atoms with E-state index in [9.17, 15) is 14.0 Å². The first-order valence-electron chi connectivity index (χ1n) is 11.0. The van der Waals surface area contributed by atoms with Gasteiger partial charge in [0.25, 0.3) is 0 Å². The van der Waals surface area contributed by atoms with Crippen LogP contribution in [0.25, 0.3) is 10.9 Å². The Hall–Kier alpha value is -3.42. The van der Waals surface area contributed by atoms with E-state index in [4.69, 9.17) is 9.84 Å². The number of fused-ring (bicyclic) bond motifs is 1. The Morgan fingerprint density at radius 2 is 1.91 bits per heavy atom. The molecule has 7 nitrogen and oxygen atoms in total. The SMILES string of the molecule is CC(C)(C)OC(=O)N1CCC(c2cnc(Cn3ccc4cc(C(=O)O)ccc43)c(F)c2)CC1. The molecule has 33 heavy (non-hydrogen) atoms. The number of carboxylic acids is 1. The number of benzene rings is 1. The predicted octanol–water partition coefficient (Wildman–Crippen LogP) is 5.04. The Bertz CT molecular complexity index is 1190. The lowest BCUT2D eigenvalue weighted by Crippen LogP contribution is -2.41. The molecule has 1 aliphatic heterocycles. The van der Waals surface area contributed by atoms with Crippen molar-refractivity contribution in [3.8, 4) is 0 Å². The molecule has 0 aliphatic carbocycles. The van der Waals surface area contributed by atoms with E-state index in [1.165, 1.54) is 6.07 Å². The van der Waals surface area contributed by atoms with Crippen LogP contribution in [0.3, 0.4) is 0 Å². The van der Waals surface area contributed by atoms with Crippen molar-refractivity contribution in [3.05, 3.63) is 65.4 Å². The molecule has 1 aliphatic rings. The van der Waals surface area contributed by atoms with E-state index in [1.807, 2.05) is 31.4 Å². The summed E-state index contributed by atoms with van der Waals surface area (Å²) in [4.78, 5) is 29.5. The maximum absolute atomic E-state index is 14.9. The predicted molar refractivity (Wildman–Crippen MR) is 122 cm³/mol. The molecule has 0 radical (unpaired) electrons. The molecule has 0 unspecified atom stereocenters. The first kappa shape index (κ1) is 22.8. The lowest BCUT2D eigenvalue weighted by molar-refractivity contribution is 0.0204. The van der Waals surface area contributed by atoms with Gasteiger partial charge in [-0.3, -0.25) is 4.98 Å². The molecule has 1 fully saturated rings. The van der Waals surface area contributed by atoms with Crippen molar-refractivity contribution in [1.29, 1.82) is 0 Å². The zero-order valence-corrected chi connectivity index (χ0v) is 19.0. The highest BCUT2D eigenvalue weighted by molar-refractivity contribution is 5.93. The summed E-state index contributed by atoms with van der Waals surface area (Å²) >= 11 is 0. The molecule has 3 heterocycles. The van der Waals surface area contributed by atoms with Crippen molar-refractivity contribution in [2.45, 2.75) is 51.7 Å². The van der Waals surface area contributed by atoms with E-state index < -0.39 is 11.6 Å². The van der Waals surface area contributed by atoms with Crippen LogP contribution in [0.1, 0.15) is 61.1 Å². The number of carboxylic acid groups (broad SMARTS) is 1. The second-order valence-corrected chi connectivity index (χ2v) is 9.46. The van der Waals surface area contributed by atoms with Crippen molar-refractivity contribution >= 4 is 23.0 Å². The summed E-state index contributed by atoms with van der Waals surface area (Å²) in [6.07, 6.45) is 4.68. The lowest BCUT2D eigenvalue weighted by atomic mass is 9.90. The van der Waals surface area contributed by atoms with Gasteiger partial charge in [0.1, 0.15) is 11.4 Å². The fourth-order valence-corrected chi connectivity index (χ4v) is 4.17. The number of carbonyl (C=O) groups excluding carboxylic acids is 1. The van der Waals surface area contributed by atoms with Crippen LogP contribution in [0.2, 0.25) is 0 Å². The number of rotatable bonds is 4. The van der Waals surface area contributed by atoms with Crippen LogP contribution < -0.4 is 0 Å². The maximum Gasteiger partial charge on any atom is 0.410 e. The number of piperidine rings is 1. The summed E-state index contributed by atoms with van der Waals surface area (Å²) in [5.74, 6) is -1.21. The summed E-state index contributed by atoms with van der Waals surface area (Å²) in [5, 5.41) is 9.93. The minimum atomic E-state index is -0.982. The minimum Gasteiger partial charge on any atom is -0.478 e. The highest BCUT2D eigenvalue weighted by Gasteiger charge is 2.28. The molecule has 8 heteroatoms. The molecular formula is C25H28FN3O4. The third kappa shape index (κ3) is 5.16. The second-order valence-electron chi connectivity index (χ2n) is 9.46. The molecule has 1 aromatic carbocycles. The molecular weight excluding hydrogens is 425 g/mol. The quantitative estimate of drug-likeness (QED) is 0.599. The number of likely N-dealkylation sites (tertiary alicyclic amines) is 1. The molecule has 174 valence electrons. The molecule has 3 aromatic rings. The molecule has 0 saturated carbocycles. The molecule has 2 aromatic heterocycles. The van der Waals surface area contributed by atoms with E-state index in [1.54, 1.807) is 35.5 Å². The smallest absolute Gasteiger partial charge is 0.410 e. The van der Waals surface area contributed by atoms with Crippen molar-refractivity contribution in [2.24, 2.45) is 0 Å². The maximum atomic E-state index is 14.9. The third-order valence-corrected chi connectivity index (χ3v) is 5.89. The standard InChI is InChI=1S/C25H28FN3O4/c1-25(2,3)33-24(32)28-9-6-16(7-10-28)19-13-20(26)21(27-14-19)15-29-11-8-17-12-18(23(30)31)4-5-22(17)29/h4-5,8,11-14,16H,6-7,9-10,15H2,1-3H3,(H,30,31). The van der Waals surface area contributed by atoms with Crippen LogP contribution in [0.5, 0.6) is 0 Å². The van der Waals surface area contributed by atoms with Gasteiger partial charge in [-0.1, -0.05) is 0 Å². The van der Waals surface area contributed by atoms with Gasteiger partial charge in [-0.15, -0.1) is 0 Å². The van der Waals surface area contributed by atoms with Crippen LogP contribution in [0.15, 0.2) is 42.7 Å². The number of aromatic carboxylic acids is 1. The zero-order valence-electron chi connectivity index (χ0n) is 19.0. The highest BCUT2D eigenvalue weighted by Crippen LogP contribution is 2.29. The minimum absolute atomic E-state index is 0.140. The zero-order chi connectivity index (χ0) is 23.8. The largest absolute Gasteiger partial charge is 0.478 e. The van der Waals surface area contributed by atoms with Gasteiger partial charge in [0.05, 0.1) is 17.8 Å². The second kappa shape index (κ2) is 8.84. The normalized spacial score (nSPS) is 15.1. The number of hydrogen-bond donors (Lipinski definition) is 1. The van der Waals surface area contributed by atoms with Gasteiger partial charge in [-0.05, 0) is 75.4 Å². The van der Waals surface area contributed by atoms with Crippen molar-refractivity contribution < 1.29 is 23.8 Å². The van der Waals surface area contributed by atoms with Crippen molar-refractivity contribution in [2.75, 3.05) is 13.1 Å². The van der Waals surface area contributed by atoms with Crippen LogP contribution in [0, 0.1) is 5.82 Å². The first-order chi connectivity index (χ1) is 15.6. The van der Waals surface area contributed by atoms with Gasteiger partial charge in [0.15, 0.2) is 0 Å². The number of pyridine rings is 1. The summed E-state index contributed by atoms with van der Waals surface area (Å²) in [6, 6.07) is 8.22. The average Bonchev–Trinajstić information content (AvgIpc) is 3.16. The summed E-state index contributed by atoms with van der Waals surface area (Å²) in [7, 11) is 0. The Morgan fingerprint density at radius 1 is 1.18 bits per heavy atom. The fraction of sp³-hybridized carbons (Fsp3) is 0.400. The van der Waals surface area contributed by atoms with E-state index in [0.29, 0.717) is 18.8 Å². The van der Waals surface area contributed by atoms with E-state index in [-0.39, 0.29) is 29.9 Å². The van der Waals surface area contributed by atoms with Gasteiger partial charge in [-0.2, -0.15) is 0 Å². The number of nitrogens with zero attached hydrogens (tertiary/aromatic N) is 3. The highest BCUT2D eigenvalue weighted by atomic mass is 19.1. The number of aromatic nitrogens is 2. The van der Waals surface area contributed by atoms with Gasteiger partial charge >= 0.3 is 12.1 Å². The van der Waals surface area contributed by atoms with E-state index >= 15 is 0 Å². The average molecular weight is 454 g/mol. The molecule has 0 bridgehead atoms. The molecule has 0 atom stereocenters. The Labute approximate surface area is 191 Å². The monoisotopic (exact) mass is 453 g/mol. The molecule has 1 amide bonds. The van der Waals surface area contributed by atoms with Crippen LogP contribution in [-0.4, -0.2) is 50.3 Å². The van der Waals surface area contributed by atoms with E-state index in [0.717, 1.165) is 29.3 Å². The van der Waals surface area contributed by atoms with Gasteiger partial charge in [-0.25, -0.2) is 14.0 Å². The molecule has 1 saturated heterocycles. The topological polar surface area (TPSA) is 84.7 Å². The summed E-state index contributed by atoms with van der Waals surface area (Å²) in [6.45, 7) is 6.92. The fourth-order valence-electron chi connectivity index (χ4n) is 4.17. The number of hydrogen-bond acceptors (Lipinski definition) is 4. The Balaban J connectivity index is 1.42. The molecule has 4 rings (SSSR count). The molecule has 1 N–H and O–H groups in total. The van der Waals surface area contributed by atoms with Gasteiger partial charge < -0.3 is 19.3 Å². The molecule has 0 spiro atoms. The van der Waals surface area contributed by atoms with Gasteiger partial charge in [0, 0.05) is 36.4 Å². The Kier molecular flexibility index (Phi) is 6.10. The number of amides is 1. The van der Waals surface area contributed by atoms with Gasteiger partial charge in [0.2, 0.25) is 0 Å². The number of ether oxygens (including phenoxy) is 1. The summed E-state index contributed by atoms with van der Waals surface area (Å²) in [5.41, 5.74) is 1.67. The Morgan fingerprint density at radius 3 is 2.55 bits per heavy atom. The first-order valence-corrected chi connectivity index (χ1v) is 11.0. The van der Waals surface area contributed by atoms with Crippen molar-refractivity contribution in [1.82, 2.24) is 14.5 Å². The van der Waals surface area contributed by atoms with Crippen molar-refractivity contribution in [3.63, 3.8) is 0 Å². The van der Waals surface area contributed by atoms with E-state index in [2.05, 4.69) is 4.98 Å². The number of halogens is 1. The summed E-state index contributed by atoms with van der Waals surface area (Å²) < 4.78 is 22.2. The van der Waals surface area contributed by atoms with Crippen LogP contribution in [-0.2, 0) is 11.3 Å². The lowest BCUT2D eigenvalue weighted by Gasteiger charge is -2.33. The number of carbonyl (C=O) groups is 2. The van der Waals surface area contributed by atoms with Crippen LogP contribution >= 0.6 is 0 Å². The third-order valence-electron chi connectivity index (χ3n) is 5.89. The van der Waals surface area contributed by atoms with Crippen LogP contribution in [0.4, 0.5) is 9.18 Å².